The highest BCUT2D eigenvalue weighted by Gasteiger charge is 2.34. The number of carbonyl (C=O) groups is 1. The minimum atomic E-state index is -0.771. The van der Waals surface area contributed by atoms with Crippen LogP contribution in [0, 0.1) is 5.92 Å². The van der Waals surface area contributed by atoms with Crippen molar-refractivity contribution >= 4 is 28.5 Å². The highest BCUT2D eigenvalue weighted by Crippen LogP contribution is 2.35. The summed E-state index contributed by atoms with van der Waals surface area (Å²) in [6.45, 7) is 0.677. The van der Waals surface area contributed by atoms with Gasteiger partial charge in [0.05, 0.1) is 41.7 Å². The molecule has 0 radical (unpaired) electrons. The maximum Gasteiger partial charge on any atom is 0.306 e. The van der Waals surface area contributed by atoms with Crippen molar-refractivity contribution in [2.45, 2.75) is 18.9 Å². The van der Waals surface area contributed by atoms with Crippen LogP contribution in [0.5, 0.6) is 11.5 Å². The third-order valence-corrected chi connectivity index (χ3v) is 5.59. The lowest BCUT2D eigenvalue weighted by atomic mass is 9.82. The van der Waals surface area contributed by atoms with Crippen LogP contribution in [0.3, 0.4) is 0 Å². The molecule has 0 saturated heterocycles. The van der Waals surface area contributed by atoms with Crippen molar-refractivity contribution in [3.8, 4) is 22.8 Å². The van der Waals surface area contributed by atoms with Gasteiger partial charge in [-0.2, -0.15) is 0 Å². The molecule has 2 aromatic carbocycles. The zero-order valence-electron chi connectivity index (χ0n) is 16.8. The SMILES string of the molecule is COc1cc(OCCOC2CC(C(=O)O)C2)ccc1-c1cc(=O)c2cccc(Cl)c2o1. The van der Waals surface area contributed by atoms with Gasteiger partial charge in [0, 0.05) is 12.1 Å². The Balaban J connectivity index is 1.44. The average Bonchev–Trinajstić information content (AvgIpc) is 2.72. The summed E-state index contributed by atoms with van der Waals surface area (Å²) >= 11 is 6.19. The zero-order valence-corrected chi connectivity index (χ0v) is 17.6. The van der Waals surface area contributed by atoms with Gasteiger partial charge in [-0.05, 0) is 37.1 Å². The molecular weight excluding hydrogens is 424 g/mol. The molecule has 0 amide bonds. The van der Waals surface area contributed by atoms with E-state index >= 15 is 0 Å². The van der Waals surface area contributed by atoms with Gasteiger partial charge in [-0.1, -0.05) is 17.7 Å². The molecule has 1 saturated carbocycles. The number of hydrogen-bond acceptors (Lipinski definition) is 6. The van der Waals surface area contributed by atoms with Gasteiger partial charge in [0.15, 0.2) is 11.0 Å². The van der Waals surface area contributed by atoms with Crippen LogP contribution < -0.4 is 14.9 Å². The van der Waals surface area contributed by atoms with Crippen LogP contribution in [0.2, 0.25) is 5.02 Å². The summed E-state index contributed by atoms with van der Waals surface area (Å²) < 4.78 is 22.7. The fourth-order valence-corrected chi connectivity index (χ4v) is 3.73. The summed E-state index contributed by atoms with van der Waals surface area (Å²) in [5.74, 6) is 0.328. The van der Waals surface area contributed by atoms with Crippen molar-refractivity contribution < 1.29 is 28.5 Å². The van der Waals surface area contributed by atoms with E-state index < -0.39 is 5.97 Å². The molecule has 8 heteroatoms. The Kier molecular flexibility index (Phi) is 6.15. The van der Waals surface area contributed by atoms with E-state index in [2.05, 4.69) is 0 Å². The lowest BCUT2D eigenvalue weighted by Gasteiger charge is -2.31. The number of para-hydroxylation sites is 1. The molecule has 1 heterocycles. The van der Waals surface area contributed by atoms with Crippen molar-refractivity contribution in [3.05, 3.63) is 57.7 Å². The largest absolute Gasteiger partial charge is 0.496 e. The van der Waals surface area contributed by atoms with Gasteiger partial charge < -0.3 is 23.7 Å². The first-order valence-electron chi connectivity index (χ1n) is 9.84. The molecule has 1 aliphatic rings. The van der Waals surface area contributed by atoms with Crippen LogP contribution in [0.15, 0.2) is 51.7 Å². The van der Waals surface area contributed by atoms with E-state index in [9.17, 15) is 9.59 Å². The standard InChI is InChI=1S/C23H21ClO7/c1-28-20-11-14(29-7-8-30-15-9-13(10-15)23(26)27)5-6-17(20)21-12-19(25)16-3-2-4-18(24)22(16)31-21/h2-6,11-13,15H,7-10H2,1H3,(H,26,27). The van der Waals surface area contributed by atoms with Crippen molar-refractivity contribution in [1.29, 1.82) is 0 Å². The Morgan fingerprint density at radius 1 is 1.19 bits per heavy atom. The zero-order chi connectivity index (χ0) is 22.0. The van der Waals surface area contributed by atoms with E-state index in [-0.39, 0.29) is 17.5 Å². The Bertz CT molecular complexity index is 1160. The summed E-state index contributed by atoms with van der Waals surface area (Å²) in [5, 5.41) is 9.65. The van der Waals surface area contributed by atoms with Crippen LogP contribution in [0.1, 0.15) is 12.8 Å². The summed E-state index contributed by atoms with van der Waals surface area (Å²) in [6.07, 6.45) is 1.06. The van der Waals surface area contributed by atoms with Crippen molar-refractivity contribution in [2.75, 3.05) is 20.3 Å². The molecule has 31 heavy (non-hydrogen) atoms. The third kappa shape index (κ3) is 4.52. The van der Waals surface area contributed by atoms with Gasteiger partial charge in [0.1, 0.15) is 23.9 Å². The smallest absolute Gasteiger partial charge is 0.306 e. The highest BCUT2D eigenvalue weighted by molar-refractivity contribution is 6.34. The minimum absolute atomic E-state index is 0.0239. The van der Waals surface area contributed by atoms with Gasteiger partial charge in [0.2, 0.25) is 0 Å². The second kappa shape index (κ2) is 8.99. The maximum atomic E-state index is 12.5. The molecule has 0 spiro atoms. The quantitative estimate of drug-likeness (QED) is 0.515. The predicted molar refractivity (Wildman–Crippen MR) is 115 cm³/mol. The van der Waals surface area contributed by atoms with Gasteiger partial charge in [-0.15, -0.1) is 0 Å². The first-order chi connectivity index (χ1) is 15.0. The second-order valence-corrected chi connectivity index (χ2v) is 7.71. The topological polar surface area (TPSA) is 95.2 Å². The summed E-state index contributed by atoms with van der Waals surface area (Å²) in [7, 11) is 1.52. The molecule has 0 atom stereocenters. The number of aliphatic carboxylic acids is 1. The van der Waals surface area contributed by atoms with Gasteiger partial charge in [-0.25, -0.2) is 0 Å². The van der Waals surface area contributed by atoms with E-state index in [1.807, 2.05) is 0 Å². The molecule has 1 fully saturated rings. The third-order valence-electron chi connectivity index (χ3n) is 5.29. The lowest BCUT2D eigenvalue weighted by molar-refractivity contribution is -0.151. The highest BCUT2D eigenvalue weighted by atomic mass is 35.5. The number of halogens is 1. The normalized spacial score (nSPS) is 17.9. The Morgan fingerprint density at radius 2 is 2.00 bits per heavy atom. The average molecular weight is 445 g/mol. The van der Waals surface area contributed by atoms with Crippen molar-refractivity contribution in [3.63, 3.8) is 0 Å². The molecule has 3 aromatic rings. The van der Waals surface area contributed by atoms with E-state index in [1.165, 1.54) is 13.2 Å². The molecule has 0 bridgehead atoms. The molecular formula is C23H21ClO7. The lowest BCUT2D eigenvalue weighted by Crippen LogP contribution is -2.36. The number of rotatable bonds is 8. The predicted octanol–water partition coefficient (Wildman–Crippen LogP) is 4.38. The summed E-state index contributed by atoms with van der Waals surface area (Å²) in [5.41, 5.74) is 0.728. The monoisotopic (exact) mass is 444 g/mol. The van der Waals surface area contributed by atoms with Crippen LogP contribution in [-0.2, 0) is 9.53 Å². The Labute approximate surface area is 183 Å². The fourth-order valence-electron chi connectivity index (χ4n) is 3.52. The number of methoxy groups -OCH3 is 1. The first kappa shape index (κ1) is 21.2. The van der Waals surface area contributed by atoms with Crippen LogP contribution in [-0.4, -0.2) is 37.5 Å². The Morgan fingerprint density at radius 3 is 2.74 bits per heavy atom. The van der Waals surface area contributed by atoms with E-state index in [0.29, 0.717) is 64.9 Å². The Hall–Kier alpha value is -3.03. The molecule has 7 nitrogen and oxygen atoms in total. The molecule has 162 valence electrons. The summed E-state index contributed by atoms with van der Waals surface area (Å²) in [6, 6.07) is 11.6. The second-order valence-electron chi connectivity index (χ2n) is 7.30. The molecule has 1 N–H and O–H groups in total. The van der Waals surface area contributed by atoms with E-state index in [0.717, 1.165) is 0 Å². The van der Waals surface area contributed by atoms with Gasteiger partial charge in [-0.3, -0.25) is 9.59 Å². The van der Waals surface area contributed by atoms with Crippen molar-refractivity contribution in [2.24, 2.45) is 5.92 Å². The van der Waals surface area contributed by atoms with Crippen LogP contribution >= 0.6 is 11.6 Å². The number of benzene rings is 2. The number of carboxylic acid groups (broad SMARTS) is 1. The fraction of sp³-hybridized carbons (Fsp3) is 0.304. The number of fused-ring (bicyclic) bond motifs is 1. The molecule has 0 aliphatic heterocycles. The molecule has 4 rings (SSSR count). The van der Waals surface area contributed by atoms with Gasteiger partial charge in [0.25, 0.3) is 0 Å². The molecule has 1 aliphatic carbocycles. The number of hydrogen-bond donors (Lipinski definition) is 1. The first-order valence-corrected chi connectivity index (χ1v) is 10.2. The van der Waals surface area contributed by atoms with E-state index in [4.69, 9.17) is 35.3 Å². The van der Waals surface area contributed by atoms with Crippen LogP contribution in [0.25, 0.3) is 22.3 Å². The van der Waals surface area contributed by atoms with Crippen LogP contribution in [0.4, 0.5) is 0 Å². The number of ether oxygens (including phenoxy) is 3. The summed E-state index contributed by atoms with van der Waals surface area (Å²) in [4.78, 5) is 23.3. The molecule has 1 aromatic heterocycles. The maximum absolute atomic E-state index is 12.5. The minimum Gasteiger partial charge on any atom is -0.496 e. The number of carboxylic acids is 1. The van der Waals surface area contributed by atoms with Crippen molar-refractivity contribution in [1.82, 2.24) is 0 Å². The van der Waals surface area contributed by atoms with E-state index in [1.54, 1.807) is 36.4 Å². The van der Waals surface area contributed by atoms with Gasteiger partial charge >= 0.3 is 5.97 Å². The molecule has 0 unspecified atom stereocenters.